The smallest absolute Gasteiger partial charge is 0.338 e. The van der Waals surface area contributed by atoms with E-state index in [1.165, 1.54) is 77.7 Å². The highest BCUT2D eigenvalue weighted by Crippen LogP contribution is 2.80. The van der Waals surface area contributed by atoms with Gasteiger partial charge in [0, 0.05) is 76.0 Å². The maximum Gasteiger partial charge on any atom is 0.338 e. The molecule has 5 saturated carbocycles. The lowest BCUT2D eigenvalue weighted by Gasteiger charge is -2.69. The first-order valence-corrected chi connectivity index (χ1v) is 23.7. The molecule has 7 rings (SSSR count). The molecule has 14 atom stereocenters. The number of unbranched alkanes of at least 4 members (excludes halogenated alkanes) is 14. The van der Waals surface area contributed by atoms with E-state index >= 15 is 0 Å². The summed E-state index contributed by atoms with van der Waals surface area (Å²) >= 11 is 0. The summed E-state index contributed by atoms with van der Waals surface area (Å²) in [7, 11) is 8.82. The Labute approximate surface area is 359 Å². The van der Waals surface area contributed by atoms with Crippen LogP contribution in [-0.2, 0) is 33.2 Å². The van der Waals surface area contributed by atoms with Gasteiger partial charge >= 0.3 is 11.9 Å². The van der Waals surface area contributed by atoms with Gasteiger partial charge in [0.2, 0.25) is 0 Å². The molecule has 6 fully saturated rings. The van der Waals surface area contributed by atoms with Crippen LogP contribution in [-0.4, -0.2) is 123 Å². The van der Waals surface area contributed by atoms with Gasteiger partial charge in [-0.25, -0.2) is 4.79 Å². The third-order valence-corrected chi connectivity index (χ3v) is 16.7. The first-order chi connectivity index (χ1) is 29.1. The Kier molecular flexibility index (Phi) is 14.8. The number of likely N-dealkylation sites (tertiary alicyclic amines) is 1. The number of methoxy groups -OCH3 is 4. The molecule has 1 aromatic rings. The summed E-state index contributed by atoms with van der Waals surface area (Å²) in [5.74, 6) is -2.78. The number of nitrogens with zero attached hydrogens (tertiary/aromatic N) is 1. The van der Waals surface area contributed by atoms with E-state index in [2.05, 4.69) is 18.9 Å². The first kappa shape index (κ1) is 45.9. The van der Waals surface area contributed by atoms with E-state index < -0.39 is 64.8 Å². The zero-order chi connectivity index (χ0) is 42.7. The van der Waals surface area contributed by atoms with Crippen LogP contribution >= 0.6 is 0 Å². The molecule has 0 amide bonds. The molecule has 1 heterocycles. The molecule has 11 heteroatoms. The fraction of sp³-hybridized carbons (Fsp3) is 0.837. The van der Waals surface area contributed by atoms with Crippen LogP contribution in [0.5, 0.6) is 0 Å². The summed E-state index contributed by atoms with van der Waals surface area (Å²) in [6, 6.07) is 8.54. The van der Waals surface area contributed by atoms with E-state index in [4.69, 9.17) is 28.4 Å². The van der Waals surface area contributed by atoms with Crippen molar-refractivity contribution in [2.45, 2.75) is 177 Å². The van der Waals surface area contributed by atoms with E-state index in [-0.39, 0.29) is 42.2 Å². The predicted molar refractivity (Wildman–Crippen MR) is 228 cm³/mol. The van der Waals surface area contributed by atoms with Crippen molar-refractivity contribution in [3.63, 3.8) is 0 Å². The number of benzene rings is 1. The van der Waals surface area contributed by atoms with Crippen molar-refractivity contribution >= 4 is 11.9 Å². The molecule has 0 aromatic heterocycles. The molecule has 338 valence electrons. The van der Waals surface area contributed by atoms with Crippen molar-refractivity contribution in [3.8, 4) is 0 Å². The SMILES string of the molecule is CCCCCCCCCCCCCCCCCC(=O)O[C@]12[C@H]3[C@@H](OC(=O)c4ccccc4)[C@](O)(C[C@H]3[C@@]34C5[C@@H]1[C@H](OC)[C@@H]3[C@@](COC)(CC[C@@H]4OC)CN5C)[C@@H](OC)[C@@H]2O. The van der Waals surface area contributed by atoms with Crippen molar-refractivity contribution in [2.24, 2.45) is 34.5 Å². The minimum absolute atomic E-state index is 0.109. The van der Waals surface area contributed by atoms with E-state index in [9.17, 15) is 19.8 Å². The van der Waals surface area contributed by atoms with Crippen molar-refractivity contribution in [3.05, 3.63) is 35.9 Å². The molecule has 1 spiro atoms. The van der Waals surface area contributed by atoms with Gasteiger partial charge in [0.15, 0.2) is 5.60 Å². The Bertz CT molecular complexity index is 1580. The predicted octanol–water partition coefficient (Wildman–Crippen LogP) is 7.53. The maximum absolute atomic E-state index is 14.5. The summed E-state index contributed by atoms with van der Waals surface area (Å²) in [4.78, 5) is 30.9. The Morgan fingerprint density at radius 2 is 1.42 bits per heavy atom. The lowest BCUT2D eigenvalue weighted by molar-refractivity contribution is -0.317. The zero-order valence-corrected chi connectivity index (χ0v) is 37.6. The van der Waals surface area contributed by atoms with Gasteiger partial charge in [-0.2, -0.15) is 0 Å². The number of piperidine rings is 1. The molecular formula is C49H77NO10. The van der Waals surface area contributed by atoms with Gasteiger partial charge in [-0.15, -0.1) is 0 Å². The molecule has 1 saturated heterocycles. The summed E-state index contributed by atoms with van der Waals surface area (Å²) in [5.41, 5.74) is -3.96. The Morgan fingerprint density at radius 1 is 0.800 bits per heavy atom. The number of ether oxygens (including phenoxy) is 6. The molecule has 0 radical (unpaired) electrons. The van der Waals surface area contributed by atoms with Gasteiger partial charge in [0.05, 0.1) is 24.4 Å². The van der Waals surface area contributed by atoms with Gasteiger partial charge < -0.3 is 43.5 Å². The van der Waals surface area contributed by atoms with Crippen molar-refractivity contribution in [2.75, 3.05) is 48.6 Å². The molecule has 5 aliphatic carbocycles. The van der Waals surface area contributed by atoms with Gasteiger partial charge in [-0.05, 0) is 50.8 Å². The second-order valence-corrected chi connectivity index (χ2v) is 19.8. The normalized spacial score (nSPS) is 39.8. The molecule has 60 heavy (non-hydrogen) atoms. The van der Waals surface area contributed by atoms with E-state index in [0.717, 1.165) is 38.6 Å². The first-order valence-electron chi connectivity index (χ1n) is 23.7. The molecule has 11 nitrogen and oxygen atoms in total. The molecule has 2 N–H and O–H groups in total. The highest BCUT2D eigenvalue weighted by atomic mass is 16.6. The number of aliphatic hydroxyl groups is 2. The lowest BCUT2D eigenvalue weighted by atomic mass is 9.43. The van der Waals surface area contributed by atoms with Crippen LogP contribution in [0.1, 0.15) is 139 Å². The standard InChI is InChI=1S/C49H77NO10/c1-7-8-9-10-11-12-13-14-15-16-17-18-19-20-24-27-36(51)60-49-37-34(30-47(54,44(58-6)42(49)52)43(37)59-45(53)33-25-22-21-23-26-33)48-35(56-4)28-29-46(32-55-3)31-50(2)41(48)38(49)39(57-5)40(46)48/h21-23,25-26,34-35,37-44,52,54H,7-20,24,27-32H2,1-6H3/t34-,35+,37-,38+,39+,40-,41?,42+,43-,44+,46+,47-,48+,49-/m1/s1. The minimum atomic E-state index is -1.77. The van der Waals surface area contributed by atoms with Crippen LogP contribution in [0.4, 0.5) is 0 Å². The third kappa shape index (κ3) is 7.49. The second-order valence-electron chi connectivity index (χ2n) is 19.8. The average Bonchev–Trinajstić information content (AvgIpc) is 3.64. The second kappa shape index (κ2) is 19.3. The van der Waals surface area contributed by atoms with Crippen LogP contribution in [0.25, 0.3) is 0 Å². The number of fused-ring (bicyclic) bond motifs is 2. The van der Waals surface area contributed by atoms with Gasteiger partial charge in [-0.3, -0.25) is 4.79 Å². The number of carbonyl (C=O) groups is 2. The van der Waals surface area contributed by atoms with Crippen LogP contribution in [0.2, 0.25) is 0 Å². The fourth-order valence-corrected chi connectivity index (χ4v) is 14.9. The summed E-state index contributed by atoms with van der Waals surface area (Å²) in [6.45, 7) is 3.51. The van der Waals surface area contributed by atoms with E-state index in [1.54, 1.807) is 45.6 Å². The molecule has 1 aromatic carbocycles. The summed E-state index contributed by atoms with van der Waals surface area (Å²) in [6.07, 6.45) is 16.0. The number of carbonyl (C=O) groups excluding carboxylic acids is 2. The van der Waals surface area contributed by atoms with Gasteiger partial charge in [0.25, 0.3) is 0 Å². The zero-order valence-electron chi connectivity index (χ0n) is 37.6. The number of rotatable bonds is 24. The lowest BCUT2D eigenvalue weighted by Crippen LogP contribution is -2.80. The molecule has 6 aliphatic rings. The molecule has 1 unspecified atom stereocenters. The largest absolute Gasteiger partial charge is 0.455 e. The van der Waals surface area contributed by atoms with Crippen LogP contribution in [0.15, 0.2) is 30.3 Å². The Morgan fingerprint density at radius 3 is 1.98 bits per heavy atom. The highest BCUT2D eigenvalue weighted by Gasteiger charge is 2.91. The minimum Gasteiger partial charge on any atom is -0.455 e. The number of hydrogen-bond donors (Lipinski definition) is 2. The van der Waals surface area contributed by atoms with Crippen molar-refractivity contribution < 1.29 is 48.2 Å². The quantitative estimate of drug-likeness (QED) is 0.0791. The highest BCUT2D eigenvalue weighted by molar-refractivity contribution is 5.89. The molecule has 1 aliphatic heterocycles. The number of aliphatic hydroxyl groups excluding tert-OH is 1. The average molecular weight is 840 g/mol. The van der Waals surface area contributed by atoms with Gasteiger partial charge in [0.1, 0.15) is 23.9 Å². The third-order valence-electron chi connectivity index (χ3n) is 16.7. The molecule has 7 bridgehead atoms. The summed E-state index contributed by atoms with van der Waals surface area (Å²) < 4.78 is 38.8. The number of esters is 2. The fourth-order valence-electron chi connectivity index (χ4n) is 14.9. The summed E-state index contributed by atoms with van der Waals surface area (Å²) in [5, 5.41) is 26.0. The number of hydrogen-bond acceptors (Lipinski definition) is 11. The molecular weight excluding hydrogens is 763 g/mol. The van der Waals surface area contributed by atoms with Crippen molar-refractivity contribution in [1.29, 1.82) is 0 Å². The topological polar surface area (TPSA) is 133 Å². The monoisotopic (exact) mass is 840 g/mol. The van der Waals surface area contributed by atoms with Crippen LogP contribution in [0, 0.1) is 34.5 Å². The van der Waals surface area contributed by atoms with Crippen molar-refractivity contribution in [1.82, 2.24) is 4.90 Å². The van der Waals surface area contributed by atoms with E-state index in [0.29, 0.717) is 18.6 Å². The maximum atomic E-state index is 14.5. The van der Waals surface area contributed by atoms with Crippen LogP contribution in [0.3, 0.4) is 0 Å². The van der Waals surface area contributed by atoms with Gasteiger partial charge in [-0.1, -0.05) is 115 Å². The Hall–Kier alpha value is -2.12. The van der Waals surface area contributed by atoms with Crippen LogP contribution < -0.4 is 0 Å². The Balaban J connectivity index is 1.14. The van der Waals surface area contributed by atoms with E-state index in [1.807, 2.05) is 6.07 Å².